The van der Waals surface area contributed by atoms with Gasteiger partial charge in [0.2, 0.25) is 5.91 Å². The highest BCUT2D eigenvalue weighted by molar-refractivity contribution is 6.08. The van der Waals surface area contributed by atoms with E-state index in [1.807, 2.05) is 24.3 Å². The van der Waals surface area contributed by atoms with Crippen LogP contribution in [0.3, 0.4) is 0 Å². The van der Waals surface area contributed by atoms with Crippen LogP contribution in [0.4, 0.5) is 5.69 Å². The molecule has 1 aliphatic carbocycles. The third-order valence-electron chi connectivity index (χ3n) is 3.68. The van der Waals surface area contributed by atoms with Crippen LogP contribution in [0.5, 0.6) is 0 Å². The van der Waals surface area contributed by atoms with Gasteiger partial charge in [0.1, 0.15) is 5.78 Å². The average molecular weight is 215 g/mol. The van der Waals surface area contributed by atoms with Crippen LogP contribution in [0.15, 0.2) is 24.3 Å². The van der Waals surface area contributed by atoms with Crippen LogP contribution in [-0.2, 0) is 15.0 Å². The molecule has 0 aromatic heterocycles. The monoisotopic (exact) mass is 215 g/mol. The van der Waals surface area contributed by atoms with Gasteiger partial charge in [0, 0.05) is 18.5 Å². The average Bonchev–Trinajstić information content (AvgIpc) is 2.53. The number of ketones is 1. The minimum atomic E-state index is -0.564. The zero-order valence-corrected chi connectivity index (χ0v) is 8.95. The van der Waals surface area contributed by atoms with E-state index in [0.717, 1.165) is 24.1 Å². The van der Waals surface area contributed by atoms with Crippen molar-refractivity contribution < 1.29 is 9.59 Å². The fourth-order valence-corrected chi connectivity index (χ4v) is 2.90. The Bertz CT molecular complexity index is 481. The number of amides is 1. The molecule has 1 fully saturated rings. The molecule has 0 saturated heterocycles. The lowest BCUT2D eigenvalue weighted by Gasteiger charge is -2.30. The summed E-state index contributed by atoms with van der Waals surface area (Å²) in [5.41, 5.74) is 1.32. The molecule has 2 aliphatic rings. The van der Waals surface area contributed by atoms with Gasteiger partial charge in [-0.15, -0.1) is 0 Å². The molecule has 1 heterocycles. The lowest BCUT2D eigenvalue weighted by atomic mass is 9.70. The Morgan fingerprint density at radius 2 is 2.00 bits per heavy atom. The predicted molar refractivity (Wildman–Crippen MR) is 60.2 cm³/mol. The standard InChI is InChI=1S/C13H13NO2/c15-9-4-3-7-13(8-9)10-5-1-2-6-11(10)14-12(13)16/h1-2,5-6H,3-4,7-8H2,(H,14,16). The number of fused-ring (bicyclic) bond motifs is 2. The van der Waals surface area contributed by atoms with Crippen LogP contribution < -0.4 is 5.32 Å². The van der Waals surface area contributed by atoms with Crippen LogP contribution >= 0.6 is 0 Å². The fourth-order valence-electron chi connectivity index (χ4n) is 2.90. The van der Waals surface area contributed by atoms with Crippen molar-refractivity contribution in [3.05, 3.63) is 29.8 Å². The molecular formula is C13H13NO2. The molecule has 3 nitrogen and oxygen atoms in total. The molecule has 1 N–H and O–H groups in total. The molecule has 1 saturated carbocycles. The first-order valence-electron chi connectivity index (χ1n) is 5.65. The summed E-state index contributed by atoms with van der Waals surface area (Å²) in [4.78, 5) is 23.7. The lowest BCUT2D eigenvalue weighted by molar-refractivity contribution is -0.129. The molecule has 0 bridgehead atoms. The maximum atomic E-state index is 12.1. The number of anilines is 1. The molecule has 1 aliphatic heterocycles. The molecule has 1 atom stereocenters. The van der Waals surface area contributed by atoms with E-state index >= 15 is 0 Å². The Balaban J connectivity index is 2.13. The van der Waals surface area contributed by atoms with E-state index in [9.17, 15) is 9.59 Å². The highest BCUT2D eigenvalue weighted by Crippen LogP contribution is 2.46. The van der Waals surface area contributed by atoms with Crippen molar-refractivity contribution in [2.24, 2.45) is 0 Å². The Morgan fingerprint density at radius 1 is 1.19 bits per heavy atom. The van der Waals surface area contributed by atoms with Crippen molar-refractivity contribution in [1.29, 1.82) is 0 Å². The number of hydrogen-bond acceptors (Lipinski definition) is 2. The van der Waals surface area contributed by atoms with Crippen molar-refractivity contribution in [1.82, 2.24) is 0 Å². The molecule has 0 radical (unpaired) electrons. The van der Waals surface area contributed by atoms with Gasteiger partial charge < -0.3 is 5.32 Å². The first-order chi connectivity index (χ1) is 7.72. The van der Waals surface area contributed by atoms with E-state index in [4.69, 9.17) is 0 Å². The fraction of sp³-hybridized carbons (Fsp3) is 0.385. The summed E-state index contributed by atoms with van der Waals surface area (Å²) in [5, 5.41) is 2.89. The van der Waals surface area contributed by atoms with Gasteiger partial charge in [-0.05, 0) is 24.5 Å². The normalized spacial score (nSPS) is 28.0. The summed E-state index contributed by atoms with van der Waals surface area (Å²) >= 11 is 0. The summed E-state index contributed by atoms with van der Waals surface area (Å²) in [6.45, 7) is 0. The van der Waals surface area contributed by atoms with Crippen molar-refractivity contribution in [3.63, 3.8) is 0 Å². The SMILES string of the molecule is O=C1CCCC2(C1)C(=O)Nc1ccccc12. The van der Waals surface area contributed by atoms with Crippen LogP contribution in [0, 0.1) is 0 Å². The predicted octanol–water partition coefficient (Wildman–Crippen LogP) is 2.02. The maximum Gasteiger partial charge on any atom is 0.235 e. The number of carbonyl (C=O) groups excluding carboxylic acids is 2. The minimum absolute atomic E-state index is 0.00162. The molecule has 16 heavy (non-hydrogen) atoms. The van der Waals surface area contributed by atoms with Gasteiger partial charge in [0.25, 0.3) is 0 Å². The van der Waals surface area contributed by atoms with Gasteiger partial charge in [-0.3, -0.25) is 9.59 Å². The topological polar surface area (TPSA) is 46.2 Å². The number of para-hydroxylation sites is 1. The number of Topliss-reactive ketones (excluding diaryl/α,β-unsaturated/α-hetero) is 1. The van der Waals surface area contributed by atoms with Gasteiger partial charge in [0.05, 0.1) is 5.41 Å². The van der Waals surface area contributed by atoms with Gasteiger partial charge >= 0.3 is 0 Å². The van der Waals surface area contributed by atoms with Crippen LogP contribution in [0.1, 0.15) is 31.2 Å². The molecule has 1 unspecified atom stereocenters. The molecular weight excluding hydrogens is 202 g/mol. The van der Waals surface area contributed by atoms with E-state index in [1.165, 1.54) is 0 Å². The summed E-state index contributed by atoms with van der Waals surface area (Å²) in [6.07, 6.45) is 2.61. The molecule has 3 heteroatoms. The zero-order chi connectivity index (χ0) is 11.2. The third kappa shape index (κ3) is 1.14. The maximum absolute atomic E-state index is 12.1. The molecule has 82 valence electrons. The van der Waals surface area contributed by atoms with Crippen LogP contribution in [0.2, 0.25) is 0 Å². The molecule has 1 spiro atoms. The van der Waals surface area contributed by atoms with Crippen LogP contribution in [-0.4, -0.2) is 11.7 Å². The summed E-state index contributed by atoms with van der Waals surface area (Å²) in [7, 11) is 0. The number of benzene rings is 1. The lowest BCUT2D eigenvalue weighted by Crippen LogP contribution is -2.39. The second-order valence-electron chi connectivity index (χ2n) is 4.65. The second-order valence-corrected chi connectivity index (χ2v) is 4.65. The quantitative estimate of drug-likeness (QED) is 0.719. The summed E-state index contributed by atoms with van der Waals surface area (Å²) in [6, 6.07) is 7.70. The van der Waals surface area contributed by atoms with Gasteiger partial charge in [-0.1, -0.05) is 18.2 Å². The molecule has 1 amide bonds. The molecule has 1 aromatic carbocycles. The van der Waals surface area contributed by atoms with Gasteiger partial charge in [-0.25, -0.2) is 0 Å². The van der Waals surface area contributed by atoms with E-state index in [2.05, 4.69) is 5.32 Å². The zero-order valence-electron chi connectivity index (χ0n) is 8.95. The molecule has 3 rings (SSSR count). The first-order valence-corrected chi connectivity index (χ1v) is 5.65. The number of hydrogen-bond donors (Lipinski definition) is 1. The summed E-state index contributed by atoms with van der Waals surface area (Å²) < 4.78 is 0. The van der Waals surface area contributed by atoms with Gasteiger partial charge in [0.15, 0.2) is 0 Å². The Hall–Kier alpha value is -1.64. The van der Waals surface area contributed by atoms with Gasteiger partial charge in [-0.2, -0.15) is 0 Å². The highest BCUT2D eigenvalue weighted by Gasteiger charge is 2.48. The van der Waals surface area contributed by atoms with Crippen molar-refractivity contribution >= 4 is 17.4 Å². The van der Waals surface area contributed by atoms with E-state index < -0.39 is 5.41 Å². The Labute approximate surface area is 93.8 Å². The number of nitrogens with one attached hydrogen (secondary N) is 1. The molecule has 1 aromatic rings. The Kier molecular flexibility index (Phi) is 1.90. The number of rotatable bonds is 0. The van der Waals surface area contributed by atoms with E-state index in [-0.39, 0.29) is 11.7 Å². The first kappa shape index (κ1) is 9.58. The van der Waals surface area contributed by atoms with E-state index in [0.29, 0.717) is 12.8 Å². The minimum Gasteiger partial charge on any atom is -0.325 e. The smallest absolute Gasteiger partial charge is 0.235 e. The van der Waals surface area contributed by atoms with Crippen molar-refractivity contribution in [2.75, 3.05) is 5.32 Å². The van der Waals surface area contributed by atoms with Crippen molar-refractivity contribution in [3.8, 4) is 0 Å². The highest BCUT2D eigenvalue weighted by atomic mass is 16.2. The summed E-state index contributed by atoms with van der Waals surface area (Å²) in [5.74, 6) is 0.208. The number of carbonyl (C=O) groups is 2. The largest absolute Gasteiger partial charge is 0.325 e. The van der Waals surface area contributed by atoms with E-state index in [1.54, 1.807) is 0 Å². The second kappa shape index (κ2) is 3.17. The van der Waals surface area contributed by atoms with Crippen molar-refractivity contribution in [2.45, 2.75) is 31.1 Å². The van der Waals surface area contributed by atoms with Crippen LogP contribution in [0.25, 0.3) is 0 Å². The Morgan fingerprint density at radius 3 is 2.81 bits per heavy atom. The third-order valence-corrected chi connectivity index (χ3v) is 3.68.